The van der Waals surface area contributed by atoms with Crippen molar-refractivity contribution >= 4 is 11.6 Å². The van der Waals surface area contributed by atoms with Crippen molar-refractivity contribution in [1.82, 2.24) is 4.90 Å². The number of carbonyl (C=O) groups excluding carboxylic acids is 1. The summed E-state index contributed by atoms with van der Waals surface area (Å²) in [6, 6.07) is 26.4. The monoisotopic (exact) mass is 400 g/mol. The molecule has 3 aromatic carbocycles. The number of anilines is 1. The van der Waals surface area contributed by atoms with Gasteiger partial charge >= 0.3 is 0 Å². The Bertz CT molecular complexity index is 970. The molecule has 1 heterocycles. The Hall–Kier alpha value is -3.11. The Morgan fingerprint density at radius 2 is 1.73 bits per heavy atom. The number of para-hydroxylation sites is 1. The van der Waals surface area contributed by atoms with Crippen LogP contribution in [-0.2, 0) is 11.3 Å². The van der Waals surface area contributed by atoms with E-state index in [0.717, 1.165) is 55.0 Å². The zero-order valence-corrected chi connectivity index (χ0v) is 17.4. The third-order valence-corrected chi connectivity index (χ3v) is 5.71. The van der Waals surface area contributed by atoms with Gasteiger partial charge in [0.15, 0.2) is 0 Å². The molecule has 0 aromatic heterocycles. The lowest BCUT2D eigenvalue weighted by molar-refractivity contribution is -0.121. The van der Waals surface area contributed by atoms with Crippen LogP contribution in [0.3, 0.4) is 0 Å². The molecule has 0 radical (unpaired) electrons. The molecule has 4 heteroatoms. The van der Waals surface area contributed by atoms with Gasteiger partial charge in [-0.15, -0.1) is 0 Å². The van der Waals surface area contributed by atoms with Gasteiger partial charge in [-0.25, -0.2) is 0 Å². The average molecular weight is 401 g/mol. The van der Waals surface area contributed by atoms with Gasteiger partial charge in [0.2, 0.25) is 5.91 Å². The molecule has 1 N–H and O–H groups in total. The van der Waals surface area contributed by atoms with Crippen LogP contribution in [0.25, 0.3) is 11.1 Å². The molecule has 0 bridgehead atoms. The Balaban J connectivity index is 1.44. The number of hydrogen-bond acceptors (Lipinski definition) is 3. The van der Waals surface area contributed by atoms with Gasteiger partial charge in [0, 0.05) is 24.3 Å². The van der Waals surface area contributed by atoms with Gasteiger partial charge in [0.1, 0.15) is 5.75 Å². The van der Waals surface area contributed by atoms with Gasteiger partial charge in [0.05, 0.1) is 13.0 Å². The molecule has 4 rings (SSSR count). The maximum absolute atomic E-state index is 13.1. The van der Waals surface area contributed by atoms with E-state index in [1.54, 1.807) is 7.11 Å². The summed E-state index contributed by atoms with van der Waals surface area (Å²) >= 11 is 0. The lowest BCUT2D eigenvalue weighted by Crippen LogP contribution is -2.40. The zero-order chi connectivity index (χ0) is 20.8. The van der Waals surface area contributed by atoms with E-state index in [0.29, 0.717) is 0 Å². The maximum atomic E-state index is 13.1. The highest BCUT2D eigenvalue weighted by atomic mass is 16.5. The minimum absolute atomic E-state index is 0.00591. The van der Waals surface area contributed by atoms with E-state index in [4.69, 9.17) is 4.74 Å². The highest BCUT2D eigenvalue weighted by molar-refractivity contribution is 5.97. The molecular weight excluding hydrogens is 372 g/mol. The highest BCUT2D eigenvalue weighted by Crippen LogP contribution is 2.30. The number of likely N-dealkylation sites (tertiary alicyclic amines) is 1. The molecule has 4 nitrogen and oxygen atoms in total. The predicted molar refractivity (Wildman–Crippen MR) is 122 cm³/mol. The number of amides is 1. The van der Waals surface area contributed by atoms with E-state index in [2.05, 4.69) is 34.5 Å². The van der Waals surface area contributed by atoms with Crippen LogP contribution in [0.4, 0.5) is 5.69 Å². The number of ether oxygens (including phenoxy) is 1. The fraction of sp³-hybridized carbons (Fsp3) is 0.269. The Morgan fingerprint density at radius 1 is 1.00 bits per heavy atom. The largest absolute Gasteiger partial charge is 0.497 e. The molecule has 0 aliphatic carbocycles. The second-order valence-electron chi connectivity index (χ2n) is 7.82. The second kappa shape index (κ2) is 9.59. The molecule has 30 heavy (non-hydrogen) atoms. The van der Waals surface area contributed by atoms with E-state index in [1.165, 1.54) is 5.56 Å². The van der Waals surface area contributed by atoms with Crippen LogP contribution in [0, 0.1) is 5.92 Å². The molecule has 0 saturated carbocycles. The van der Waals surface area contributed by atoms with Gasteiger partial charge in [-0.2, -0.15) is 0 Å². The normalized spacial score (nSPS) is 16.8. The van der Waals surface area contributed by atoms with Crippen LogP contribution in [0.15, 0.2) is 78.9 Å². The first-order valence-corrected chi connectivity index (χ1v) is 10.5. The van der Waals surface area contributed by atoms with Crippen LogP contribution >= 0.6 is 0 Å². The van der Waals surface area contributed by atoms with Crippen LogP contribution in [0.5, 0.6) is 5.75 Å². The molecule has 1 aliphatic rings. The first-order chi connectivity index (χ1) is 14.7. The number of hydrogen-bond donors (Lipinski definition) is 1. The van der Waals surface area contributed by atoms with Crippen molar-refractivity contribution < 1.29 is 9.53 Å². The molecule has 1 fully saturated rings. The molecule has 1 atom stereocenters. The number of carbonyl (C=O) groups is 1. The molecule has 3 aromatic rings. The maximum Gasteiger partial charge on any atom is 0.228 e. The van der Waals surface area contributed by atoms with E-state index in [9.17, 15) is 4.79 Å². The van der Waals surface area contributed by atoms with Gasteiger partial charge in [-0.1, -0.05) is 60.7 Å². The van der Waals surface area contributed by atoms with Crippen molar-refractivity contribution in [3.05, 3.63) is 84.4 Å². The summed E-state index contributed by atoms with van der Waals surface area (Å²) in [5.74, 6) is 0.932. The average Bonchev–Trinajstić information content (AvgIpc) is 2.80. The number of piperidine rings is 1. The molecule has 0 spiro atoms. The number of benzene rings is 3. The summed E-state index contributed by atoms with van der Waals surface area (Å²) in [6.07, 6.45) is 1.98. The first kappa shape index (κ1) is 20.2. The van der Waals surface area contributed by atoms with Crippen molar-refractivity contribution in [3.8, 4) is 16.9 Å². The standard InChI is InChI=1S/C26H28N2O2/c1-30-23-15-13-21(14-16-23)24-11-5-6-12-25(24)27-26(29)22-10-7-17-28(19-22)18-20-8-3-2-4-9-20/h2-6,8-9,11-16,22H,7,10,17-19H2,1H3,(H,27,29). The van der Waals surface area contributed by atoms with Crippen LogP contribution in [-0.4, -0.2) is 31.0 Å². The summed E-state index contributed by atoms with van der Waals surface area (Å²) in [5.41, 5.74) is 4.22. The third-order valence-electron chi connectivity index (χ3n) is 5.71. The molecular formula is C26H28N2O2. The van der Waals surface area contributed by atoms with Crippen molar-refractivity contribution in [3.63, 3.8) is 0 Å². The van der Waals surface area contributed by atoms with Crippen molar-refractivity contribution in [2.45, 2.75) is 19.4 Å². The Labute approximate surface area is 178 Å². The van der Waals surface area contributed by atoms with Crippen molar-refractivity contribution in [2.24, 2.45) is 5.92 Å². The topological polar surface area (TPSA) is 41.6 Å². The third kappa shape index (κ3) is 4.89. The van der Waals surface area contributed by atoms with Crippen molar-refractivity contribution in [2.75, 3.05) is 25.5 Å². The van der Waals surface area contributed by atoms with Gasteiger partial charge < -0.3 is 10.1 Å². The quantitative estimate of drug-likeness (QED) is 0.617. The summed E-state index contributed by atoms with van der Waals surface area (Å²) in [7, 11) is 1.66. The lowest BCUT2D eigenvalue weighted by atomic mass is 9.96. The zero-order valence-electron chi connectivity index (χ0n) is 17.4. The predicted octanol–water partition coefficient (Wildman–Crippen LogP) is 5.21. The highest BCUT2D eigenvalue weighted by Gasteiger charge is 2.26. The summed E-state index contributed by atoms with van der Waals surface area (Å²) in [6.45, 7) is 2.74. The van der Waals surface area contributed by atoms with E-state index in [-0.39, 0.29) is 11.8 Å². The number of nitrogens with one attached hydrogen (secondary N) is 1. The van der Waals surface area contributed by atoms with Crippen LogP contribution in [0.1, 0.15) is 18.4 Å². The molecule has 1 amide bonds. The Morgan fingerprint density at radius 3 is 2.50 bits per heavy atom. The second-order valence-corrected chi connectivity index (χ2v) is 7.82. The number of nitrogens with zero attached hydrogens (tertiary/aromatic N) is 1. The summed E-state index contributed by atoms with van der Waals surface area (Å²) in [5, 5.41) is 3.19. The summed E-state index contributed by atoms with van der Waals surface area (Å²) < 4.78 is 5.26. The lowest BCUT2D eigenvalue weighted by Gasteiger charge is -2.32. The number of methoxy groups -OCH3 is 1. The number of rotatable bonds is 6. The van der Waals surface area contributed by atoms with Gasteiger partial charge in [0.25, 0.3) is 0 Å². The first-order valence-electron chi connectivity index (χ1n) is 10.5. The van der Waals surface area contributed by atoms with Gasteiger partial charge in [-0.05, 0) is 48.7 Å². The fourth-order valence-electron chi connectivity index (χ4n) is 4.10. The molecule has 1 unspecified atom stereocenters. The van der Waals surface area contributed by atoms with Gasteiger partial charge in [-0.3, -0.25) is 9.69 Å². The fourth-order valence-corrected chi connectivity index (χ4v) is 4.10. The molecule has 154 valence electrons. The molecule has 1 saturated heterocycles. The van der Waals surface area contributed by atoms with Crippen LogP contribution in [0.2, 0.25) is 0 Å². The smallest absolute Gasteiger partial charge is 0.228 e. The van der Waals surface area contributed by atoms with Crippen LogP contribution < -0.4 is 10.1 Å². The Kier molecular flexibility index (Phi) is 6.45. The van der Waals surface area contributed by atoms with E-state index in [1.807, 2.05) is 54.6 Å². The summed E-state index contributed by atoms with van der Waals surface area (Å²) in [4.78, 5) is 15.5. The SMILES string of the molecule is COc1ccc(-c2ccccc2NC(=O)C2CCCN(Cc3ccccc3)C2)cc1. The van der Waals surface area contributed by atoms with Crippen molar-refractivity contribution in [1.29, 1.82) is 0 Å². The van der Waals surface area contributed by atoms with E-state index >= 15 is 0 Å². The van der Waals surface area contributed by atoms with E-state index < -0.39 is 0 Å². The minimum atomic E-state index is 0.00591. The minimum Gasteiger partial charge on any atom is -0.497 e. The molecule has 1 aliphatic heterocycles.